The Labute approximate surface area is 172 Å². The van der Waals surface area contributed by atoms with Crippen LogP contribution in [0.4, 0.5) is 18.9 Å². The maximum atomic E-state index is 14.6. The monoisotopic (exact) mass is 416 g/mol. The van der Waals surface area contributed by atoms with Crippen LogP contribution in [0.25, 0.3) is 10.9 Å². The van der Waals surface area contributed by atoms with Crippen LogP contribution in [0.2, 0.25) is 0 Å². The molecular formula is C22H23F3N4O. The van der Waals surface area contributed by atoms with Gasteiger partial charge in [0.1, 0.15) is 11.4 Å². The molecule has 1 aliphatic rings. The first kappa shape index (κ1) is 20.6. The van der Waals surface area contributed by atoms with Crippen LogP contribution in [0.15, 0.2) is 42.7 Å². The number of pyridine rings is 2. The van der Waals surface area contributed by atoms with Crippen LogP contribution < -0.4 is 10.6 Å². The Morgan fingerprint density at radius 3 is 2.60 bits per heavy atom. The highest BCUT2D eigenvalue weighted by Crippen LogP contribution is 2.34. The van der Waals surface area contributed by atoms with Gasteiger partial charge in [0.15, 0.2) is 0 Å². The zero-order valence-electron chi connectivity index (χ0n) is 16.5. The summed E-state index contributed by atoms with van der Waals surface area (Å²) in [7, 11) is 0. The minimum atomic E-state index is -2.88. The Morgan fingerprint density at radius 1 is 1.13 bits per heavy atom. The Kier molecular flexibility index (Phi) is 5.62. The molecule has 3 aromatic rings. The summed E-state index contributed by atoms with van der Waals surface area (Å²) in [5.74, 6) is -0.905. The number of rotatable bonds is 5. The van der Waals surface area contributed by atoms with Crippen LogP contribution in [0, 0.1) is 5.82 Å². The third-order valence-corrected chi connectivity index (χ3v) is 5.67. The zero-order valence-corrected chi connectivity index (χ0v) is 16.5. The lowest BCUT2D eigenvalue weighted by Gasteiger charge is -2.32. The standard InChI is InChI=1S/C22H23F3N4O/c1-13(14-3-2-4-15(20(14)23)21(24)25)29-17-5-8-27-18-12-28-19(11-16(17)18)22(30)6-9-26-10-7-22/h2-5,8,11-13,21,26,30H,6-7,9-10H2,1H3,(H,27,29)/t13-/m1/s1. The van der Waals surface area contributed by atoms with Gasteiger partial charge in [-0.25, -0.2) is 13.2 Å². The molecule has 0 saturated carbocycles. The first-order chi connectivity index (χ1) is 14.4. The van der Waals surface area contributed by atoms with Gasteiger partial charge in [0.2, 0.25) is 0 Å². The first-order valence-electron chi connectivity index (χ1n) is 9.90. The number of aromatic nitrogens is 2. The van der Waals surface area contributed by atoms with E-state index in [-0.39, 0.29) is 5.56 Å². The summed E-state index contributed by atoms with van der Waals surface area (Å²) in [5.41, 5.74) is 0.372. The summed E-state index contributed by atoms with van der Waals surface area (Å²) in [6.45, 7) is 3.11. The van der Waals surface area contributed by atoms with Crippen LogP contribution in [0.3, 0.4) is 0 Å². The fraction of sp³-hybridized carbons (Fsp3) is 0.364. The molecule has 8 heteroatoms. The number of hydrogen-bond acceptors (Lipinski definition) is 5. The third kappa shape index (κ3) is 3.85. The smallest absolute Gasteiger partial charge is 0.266 e. The molecule has 3 heterocycles. The van der Waals surface area contributed by atoms with Crippen molar-refractivity contribution in [2.24, 2.45) is 0 Å². The van der Waals surface area contributed by atoms with Gasteiger partial charge in [0, 0.05) is 22.8 Å². The predicted molar refractivity (Wildman–Crippen MR) is 109 cm³/mol. The van der Waals surface area contributed by atoms with Crippen molar-refractivity contribution < 1.29 is 18.3 Å². The number of fused-ring (bicyclic) bond motifs is 1. The van der Waals surface area contributed by atoms with Gasteiger partial charge in [0.25, 0.3) is 6.43 Å². The quantitative estimate of drug-likeness (QED) is 0.573. The lowest BCUT2D eigenvalue weighted by atomic mass is 9.88. The number of halogens is 3. The van der Waals surface area contributed by atoms with E-state index in [0.717, 1.165) is 11.5 Å². The summed E-state index contributed by atoms with van der Waals surface area (Å²) in [6.07, 6.45) is 1.44. The van der Waals surface area contributed by atoms with Crippen molar-refractivity contribution in [3.05, 3.63) is 65.4 Å². The van der Waals surface area contributed by atoms with Crippen molar-refractivity contribution in [2.75, 3.05) is 18.4 Å². The number of benzene rings is 1. The Bertz CT molecular complexity index is 1050. The van der Waals surface area contributed by atoms with E-state index in [2.05, 4.69) is 20.6 Å². The highest BCUT2D eigenvalue weighted by molar-refractivity contribution is 5.91. The van der Waals surface area contributed by atoms with E-state index in [4.69, 9.17) is 0 Å². The van der Waals surface area contributed by atoms with E-state index in [1.165, 1.54) is 12.1 Å². The lowest BCUT2D eigenvalue weighted by molar-refractivity contribution is 0.00203. The summed E-state index contributed by atoms with van der Waals surface area (Å²) in [5, 5.41) is 18.2. The molecule has 158 valence electrons. The van der Waals surface area contributed by atoms with Gasteiger partial charge < -0.3 is 15.7 Å². The van der Waals surface area contributed by atoms with Crippen LogP contribution in [0.5, 0.6) is 0 Å². The van der Waals surface area contributed by atoms with Gasteiger partial charge in [-0.2, -0.15) is 0 Å². The SMILES string of the molecule is C[C@@H](Nc1ccnc2cnc(C3(O)CCNCC3)cc12)c1cccc(C(F)F)c1F. The van der Waals surface area contributed by atoms with Gasteiger partial charge >= 0.3 is 0 Å². The molecule has 0 aliphatic carbocycles. The highest BCUT2D eigenvalue weighted by Gasteiger charge is 2.33. The average molecular weight is 416 g/mol. The molecule has 0 radical (unpaired) electrons. The van der Waals surface area contributed by atoms with Crippen LogP contribution in [-0.4, -0.2) is 28.2 Å². The Morgan fingerprint density at radius 2 is 1.87 bits per heavy atom. The second-order valence-electron chi connectivity index (χ2n) is 7.64. The Hall–Kier alpha value is -2.71. The second-order valence-corrected chi connectivity index (χ2v) is 7.64. The van der Waals surface area contributed by atoms with Crippen LogP contribution >= 0.6 is 0 Å². The molecule has 30 heavy (non-hydrogen) atoms. The van der Waals surface area contributed by atoms with Crippen LogP contribution in [-0.2, 0) is 5.60 Å². The van der Waals surface area contributed by atoms with E-state index in [1.807, 2.05) is 0 Å². The number of nitrogens with zero attached hydrogens (tertiary/aromatic N) is 2. The van der Waals surface area contributed by atoms with E-state index in [0.29, 0.717) is 42.8 Å². The normalized spacial score (nSPS) is 17.3. The Balaban J connectivity index is 1.69. The van der Waals surface area contributed by atoms with Crippen molar-refractivity contribution >= 4 is 16.6 Å². The van der Waals surface area contributed by atoms with E-state index >= 15 is 0 Å². The van der Waals surface area contributed by atoms with Crippen molar-refractivity contribution in [2.45, 2.75) is 37.8 Å². The number of piperidine rings is 1. The topological polar surface area (TPSA) is 70.1 Å². The summed E-state index contributed by atoms with van der Waals surface area (Å²) >= 11 is 0. The molecular weight excluding hydrogens is 393 g/mol. The summed E-state index contributed by atoms with van der Waals surface area (Å²) < 4.78 is 40.7. The molecule has 0 amide bonds. The summed E-state index contributed by atoms with van der Waals surface area (Å²) in [6, 6.07) is 6.99. The van der Waals surface area contributed by atoms with E-state index in [1.54, 1.807) is 31.5 Å². The largest absolute Gasteiger partial charge is 0.383 e. The van der Waals surface area contributed by atoms with E-state index < -0.39 is 29.4 Å². The van der Waals surface area contributed by atoms with Crippen molar-refractivity contribution in [3.63, 3.8) is 0 Å². The number of alkyl halides is 2. The molecule has 0 spiro atoms. The van der Waals surface area contributed by atoms with Gasteiger partial charge in [-0.1, -0.05) is 18.2 Å². The minimum Gasteiger partial charge on any atom is -0.383 e. The maximum Gasteiger partial charge on any atom is 0.266 e. The lowest BCUT2D eigenvalue weighted by Crippen LogP contribution is -2.40. The van der Waals surface area contributed by atoms with Crippen molar-refractivity contribution in [1.29, 1.82) is 0 Å². The zero-order chi connectivity index (χ0) is 21.3. The minimum absolute atomic E-state index is 0.157. The highest BCUT2D eigenvalue weighted by atomic mass is 19.3. The third-order valence-electron chi connectivity index (χ3n) is 5.67. The van der Waals surface area contributed by atoms with Gasteiger partial charge in [-0.3, -0.25) is 9.97 Å². The summed E-state index contributed by atoms with van der Waals surface area (Å²) in [4.78, 5) is 8.73. The first-order valence-corrected chi connectivity index (χ1v) is 9.90. The molecule has 4 rings (SSSR count). The molecule has 1 fully saturated rings. The molecule has 0 bridgehead atoms. The predicted octanol–water partition coefficient (Wildman–Crippen LogP) is 4.45. The number of anilines is 1. The molecule has 1 aromatic carbocycles. The number of hydrogen-bond donors (Lipinski definition) is 3. The van der Waals surface area contributed by atoms with Gasteiger partial charge in [-0.05, 0) is 45.0 Å². The molecule has 1 saturated heterocycles. The molecule has 0 unspecified atom stereocenters. The van der Waals surface area contributed by atoms with E-state index in [9.17, 15) is 18.3 Å². The second kappa shape index (κ2) is 8.20. The molecule has 1 atom stereocenters. The number of aliphatic hydroxyl groups is 1. The van der Waals surface area contributed by atoms with Crippen molar-refractivity contribution in [1.82, 2.24) is 15.3 Å². The van der Waals surface area contributed by atoms with Gasteiger partial charge in [-0.15, -0.1) is 0 Å². The maximum absolute atomic E-state index is 14.6. The average Bonchev–Trinajstić information content (AvgIpc) is 2.74. The van der Waals surface area contributed by atoms with Crippen molar-refractivity contribution in [3.8, 4) is 0 Å². The molecule has 2 aromatic heterocycles. The fourth-order valence-corrected chi connectivity index (χ4v) is 3.91. The van der Waals surface area contributed by atoms with Crippen LogP contribution in [0.1, 0.15) is 49.1 Å². The molecule has 3 N–H and O–H groups in total. The van der Waals surface area contributed by atoms with Gasteiger partial charge in [0.05, 0.1) is 29.0 Å². The molecule has 5 nitrogen and oxygen atoms in total. The fourth-order valence-electron chi connectivity index (χ4n) is 3.91. The molecule has 1 aliphatic heterocycles. The number of nitrogens with one attached hydrogen (secondary N) is 2.